The molecule has 2 fully saturated rings. The minimum atomic E-state index is -0.395. The molecule has 2 saturated heterocycles. The summed E-state index contributed by atoms with van der Waals surface area (Å²) in [5, 5.41) is 19.3. The van der Waals surface area contributed by atoms with Gasteiger partial charge >= 0.3 is 0 Å². The highest BCUT2D eigenvalue weighted by atomic mass is 16.5. The Bertz CT molecular complexity index is 198. The van der Waals surface area contributed by atoms with Crippen LogP contribution in [0.1, 0.15) is 25.7 Å². The van der Waals surface area contributed by atoms with E-state index in [1.54, 1.807) is 7.11 Å². The highest BCUT2D eigenvalue weighted by molar-refractivity contribution is 4.95. The van der Waals surface area contributed by atoms with Crippen LogP contribution in [0.2, 0.25) is 0 Å². The zero-order valence-corrected chi connectivity index (χ0v) is 9.30. The Morgan fingerprint density at radius 1 is 1.33 bits per heavy atom. The zero-order chi connectivity index (χ0) is 10.8. The summed E-state index contributed by atoms with van der Waals surface area (Å²) in [4.78, 5) is 2.36. The molecule has 2 rings (SSSR count). The van der Waals surface area contributed by atoms with Gasteiger partial charge in [-0.3, -0.25) is 4.90 Å². The van der Waals surface area contributed by atoms with E-state index in [1.165, 1.54) is 12.8 Å². The fraction of sp³-hybridized carbons (Fsp3) is 1.00. The molecule has 3 unspecified atom stereocenters. The van der Waals surface area contributed by atoms with Crippen molar-refractivity contribution in [2.45, 2.75) is 50.0 Å². The van der Waals surface area contributed by atoms with E-state index in [-0.39, 0.29) is 6.10 Å². The van der Waals surface area contributed by atoms with Gasteiger partial charge in [-0.2, -0.15) is 0 Å². The molecule has 0 aromatic rings. The number of hydrogen-bond acceptors (Lipinski definition) is 4. The highest BCUT2D eigenvalue weighted by Gasteiger charge is 2.40. The first-order valence-corrected chi connectivity index (χ1v) is 5.81. The quantitative estimate of drug-likeness (QED) is 0.692. The van der Waals surface area contributed by atoms with E-state index < -0.39 is 6.10 Å². The normalized spacial score (nSPS) is 38.2. The lowest BCUT2D eigenvalue weighted by molar-refractivity contribution is -0.0121. The first-order chi connectivity index (χ1) is 7.20. The summed E-state index contributed by atoms with van der Waals surface area (Å²) in [6.45, 7) is 1.09. The molecule has 0 aromatic heterocycles. The van der Waals surface area contributed by atoms with Gasteiger partial charge in [0.15, 0.2) is 0 Å². The number of fused-ring (bicyclic) bond motifs is 2. The van der Waals surface area contributed by atoms with Gasteiger partial charge in [0.2, 0.25) is 0 Å². The summed E-state index contributed by atoms with van der Waals surface area (Å²) in [5.74, 6) is 0. The topological polar surface area (TPSA) is 52.9 Å². The fourth-order valence-corrected chi connectivity index (χ4v) is 3.03. The number of rotatable bonds is 4. The number of methoxy groups -OCH3 is 1. The van der Waals surface area contributed by atoms with Crippen LogP contribution in [0.15, 0.2) is 0 Å². The van der Waals surface area contributed by atoms with Gasteiger partial charge in [0.1, 0.15) is 0 Å². The van der Waals surface area contributed by atoms with E-state index in [0.717, 1.165) is 12.8 Å². The molecule has 3 atom stereocenters. The third-order valence-electron chi connectivity index (χ3n) is 3.64. The van der Waals surface area contributed by atoms with E-state index in [1.807, 2.05) is 0 Å². The van der Waals surface area contributed by atoms with Crippen LogP contribution in [-0.4, -0.2) is 59.7 Å². The minimum Gasteiger partial charge on any atom is -0.393 e. The molecule has 4 nitrogen and oxygen atoms in total. The Labute approximate surface area is 90.8 Å². The van der Waals surface area contributed by atoms with E-state index in [4.69, 9.17) is 4.74 Å². The van der Waals surface area contributed by atoms with Crippen LogP contribution in [0.25, 0.3) is 0 Å². The Kier molecular flexibility index (Phi) is 3.61. The number of nitrogens with zero attached hydrogens (tertiary/aromatic N) is 1. The lowest BCUT2D eigenvalue weighted by atomic mass is 9.99. The van der Waals surface area contributed by atoms with E-state index in [9.17, 15) is 10.2 Å². The van der Waals surface area contributed by atoms with E-state index in [0.29, 0.717) is 25.2 Å². The molecule has 88 valence electrons. The third kappa shape index (κ3) is 2.50. The van der Waals surface area contributed by atoms with E-state index >= 15 is 0 Å². The molecule has 2 aliphatic rings. The van der Waals surface area contributed by atoms with Gasteiger partial charge in [-0.25, -0.2) is 0 Å². The van der Waals surface area contributed by atoms with Gasteiger partial charge in [0, 0.05) is 25.7 Å². The Morgan fingerprint density at radius 2 is 1.93 bits per heavy atom. The van der Waals surface area contributed by atoms with Crippen molar-refractivity contribution in [2.75, 3.05) is 20.3 Å². The standard InChI is InChI=1S/C11H21NO3/c1-15-7-11(14)6-12-8-2-3-9(12)5-10(13)4-8/h8-11,13-14H,2-7H2,1H3. The van der Waals surface area contributed by atoms with Crippen molar-refractivity contribution in [1.82, 2.24) is 4.90 Å². The smallest absolute Gasteiger partial charge is 0.0900 e. The van der Waals surface area contributed by atoms with Crippen molar-refractivity contribution in [2.24, 2.45) is 0 Å². The summed E-state index contributed by atoms with van der Waals surface area (Å²) in [7, 11) is 1.61. The van der Waals surface area contributed by atoms with E-state index in [2.05, 4.69) is 4.90 Å². The molecule has 4 heteroatoms. The van der Waals surface area contributed by atoms with Gasteiger partial charge in [-0.15, -0.1) is 0 Å². The zero-order valence-electron chi connectivity index (χ0n) is 9.30. The van der Waals surface area contributed by atoms with Crippen molar-refractivity contribution in [3.05, 3.63) is 0 Å². The molecule has 0 saturated carbocycles. The van der Waals surface area contributed by atoms with Gasteiger partial charge in [-0.05, 0) is 25.7 Å². The molecule has 0 amide bonds. The summed E-state index contributed by atoms with van der Waals surface area (Å²) in [5.41, 5.74) is 0. The lowest BCUT2D eigenvalue weighted by Gasteiger charge is -2.38. The van der Waals surface area contributed by atoms with Crippen LogP contribution < -0.4 is 0 Å². The highest BCUT2D eigenvalue weighted by Crippen LogP contribution is 2.35. The summed E-state index contributed by atoms with van der Waals surface area (Å²) < 4.78 is 4.93. The molecule has 2 aliphatic heterocycles. The number of piperidine rings is 1. The molecule has 0 aliphatic carbocycles. The number of aliphatic hydroxyl groups is 2. The van der Waals surface area contributed by atoms with Gasteiger partial charge in [-0.1, -0.05) is 0 Å². The Balaban J connectivity index is 1.88. The average molecular weight is 215 g/mol. The van der Waals surface area contributed by atoms with Crippen LogP contribution in [0.4, 0.5) is 0 Å². The van der Waals surface area contributed by atoms with Crippen LogP contribution in [-0.2, 0) is 4.74 Å². The van der Waals surface area contributed by atoms with Gasteiger partial charge in [0.05, 0.1) is 18.8 Å². The Morgan fingerprint density at radius 3 is 2.47 bits per heavy atom. The monoisotopic (exact) mass is 215 g/mol. The van der Waals surface area contributed by atoms with Crippen molar-refractivity contribution in [3.8, 4) is 0 Å². The minimum absolute atomic E-state index is 0.127. The second-order valence-corrected chi connectivity index (χ2v) is 4.82. The first kappa shape index (κ1) is 11.3. The number of aliphatic hydroxyl groups excluding tert-OH is 2. The van der Waals surface area contributed by atoms with Crippen LogP contribution in [0.3, 0.4) is 0 Å². The molecule has 0 aromatic carbocycles. The van der Waals surface area contributed by atoms with Crippen molar-refractivity contribution >= 4 is 0 Å². The summed E-state index contributed by atoms with van der Waals surface area (Å²) in [6.07, 6.45) is 3.56. The molecule has 2 bridgehead atoms. The SMILES string of the molecule is COCC(O)CN1C2CCC1CC(O)C2. The number of hydrogen-bond donors (Lipinski definition) is 2. The predicted octanol–water partition coefficient (Wildman–Crippen LogP) is -0.0186. The summed E-state index contributed by atoms with van der Waals surface area (Å²) in [6, 6.07) is 0.954. The van der Waals surface area contributed by atoms with Crippen LogP contribution >= 0.6 is 0 Å². The second-order valence-electron chi connectivity index (χ2n) is 4.82. The molecule has 15 heavy (non-hydrogen) atoms. The average Bonchev–Trinajstić information content (AvgIpc) is 2.44. The number of ether oxygens (including phenoxy) is 1. The second kappa shape index (κ2) is 4.78. The molecular formula is C11H21NO3. The summed E-state index contributed by atoms with van der Waals surface area (Å²) >= 11 is 0. The van der Waals surface area contributed by atoms with Crippen molar-refractivity contribution in [1.29, 1.82) is 0 Å². The lowest BCUT2D eigenvalue weighted by Crippen LogP contribution is -2.48. The third-order valence-corrected chi connectivity index (χ3v) is 3.64. The maximum Gasteiger partial charge on any atom is 0.0900 e. The molecule has 2 heterocycles. The fourth-order valence-electron chi connectivity index (χ4n) is 3.03. The van der Waals surface area contributed by atoms with Gasteiger partial charge < -0.3 is 14.9 Å². The first-order valence-electron chi connectivity index (χ1n) is 5.81. The maximum atomic E-state index is 9.70. The predicted molar refractivity (Wildman–Crippen MR) is 56.6 cm³/mol. The van der Waals surface area contributed by atoms with Gasteiger partial charge in [0.25, 0.3) is 0 Å². The van der Waals surface area contributed by atoms with Crippen molar-refractivity contribution in [3.63, 3.8) is 0 Å². The largest absolute Gasteiger partial charge is 0.393 e. The van der Waals surface area contributed by atoms with Crippen molar-refractivity contribution < 1.29 is 14.9 Å². The van der Waals surface area contributed by atoms with Crippen LogP contribution in [0.5, 0.6) is 0 Å². The van der Waals surface area contributed by atoms with Crippen LogP contribution in [0, 0.1) is 0 Å². The molecule has 0 radical (unpaired) electrons. The maximum absolute atomic E-state index is 9.70. The molecular weight excluding hydrogens is 194 g/mol. The molecule has 2 N–H and O–H groups in total. The molecule has 0 spiro atoms. The Hall–Kier alpha value is -0.160.